The first-order valence-corrected chi connectivity index (χ1v) is 29.3. The summed E-state index contributed by atoms with van der Waals surface area (Å²) in [6, 6.07) is 30.3. The predicted octanol–water partition coefficient (Wildman–Crippen LogP) is 9.67. The van der Waals surface area contributed by atoms with Gasteiger partial charge in [0.05, 0.1) is 52.4 Å². The van der Waals surface area contributed by atoms with Crippen molar-refractivity contribution in [1.82, 2.24) is 0 Å². The van der Waals surface area contributed by atoms with Crippen LogP contribution in [0.4, 0.5) is 38.9 Å². The molecule has 84 heavy (non-hydrogen) atoms. The van der Waals surface area contributed by atoms with Crippen LogP contribution < -0.4 is 31.9 Å². The zero-order chi connectivity index (χ0) is 60.5. The molecule has 0 spiro atoms. The molecule has 0 saturated heterocycles. The Bertz CT molecular complexity index is 4220. The second kappa shape index (κ2) is 26.6. The van der Waals surface area contributed by atoms with Crippen LogP contribution in [0.1, 0.15) is 41.4 Å². The molecule has 0 aliphatic heterocycles. The molecule has 0 aliphatic rings. The van der Waals surface area contributed by atoms with Gasteiger partial charge in [-0.05, 0) is 146 Å². The van der Waals surface area contributed by atoms with E-state index in [1.165, 1.54) is 115 Å². The molecule has 12 N–H and O–H groups in total. The molecular formula is C49H36N6O23S6. The largest absolute Gasteiger partial charge is 0.323 e. The van der Waals surface area contributed by atoms with Crippen molar-refractivity contribution >= 4 is 152 Å². The van der Waals surface area contributed by atoms with E-state index in [9.17, 15) is 62.9 Å². The molecule has 0 aromatic heterocycles. The highest BCUT2D eigenvalue weighted by Crippen LogP contribution is 2.42. The molecule has 8 aromatic rings. The summed E-state index contributed by atoms with van der Waals surface area (Å²) >= 11 is 0.999. The van der Waals surface area contributed by atoms with E-state index in [-0.39, 0.29) is 87.9 Å². The van der Waals surface area contributed by atoms with E-state index < -0.39 is 80.1 Å². The maximum Gasteiger partial charge on any atom is 0.323 e. The van der Waals surface area contributed by atoms with Crippen molar-refractivity contribution in [3.63, 3.8) is 0 Å². The number of nitrogens with one attached hydrogen (secondary N) is 6. The third-order valence-corrected chi connectivity index (χ3v) is 15.9. The standard InChI is InChI=1S/C49H36N6O23S6/c56-45(50-29-9-1-27(2-10-29)47(58)54-37-17-19-41(83(67,68)69)35-21-33(79-76-73-61)22-39(43(35)37)80-77-74-62)25-5-13-31(14-6-25)52-49(60)53-32-15-7-26(8-16-32)46(57)51-30-11-3-28(4-12-30)48(59)55-38-18-20-42(84(70,71)72)36-23-34(82(64,65)66)24-40(44(36)38)81-78-75-63/h1-24,61-63H,(H,50,56)(H,51,57)(H,54,58)(H,55,59)(H2,52,53,60)(H,64,65,66)(H,67,68,69)(H,70,71,72). The normalized spacial score (nSPS) is 11.7. The second-order valence-electron chi connectivity index (χ2n) is 16.7. The third kappa shape index (κ3) is 15.3. The summed E-state index contributed by atoms with van der Waals surface area (Å²) in [6.07, 6.45) is 0. The molecule has 0 unspecified atom stereocenters. The van der Waals surface area contributed by atoms with Gasteiger partial charge in [0.2, 0.25) is 0 Å². The molecular weight excluding hydrogens is 1230 g/mol. The van der Waals surface area contributed by atoms with Crippen LogP contribution in [-0.2, 0) is 58.5 Å². The molecule has 35 heteroatoms. The lowest BCUT2D eigenvalue weighted by atomic mass is 10.1. The smallest absolute Gasteiger partial charge is 0.322 e. The van der Waals surface area contributed by atoms with Gasteiger partial charge in [-0.1, -0.05) is 15.1 Å². The summed E-state index contributed by atoms with van der Waals surface area (Å²) in [5.41, 5.74) is 1.50. The van der Waals surface area contributed by atoms with E-state index in [4.69, 9.17) is 15.8 Å². The summed E-state index contributed by atoms with van der Waals surface area (Å²) < 4.78 is 116. The average Bonchev–Trinajstić information content (AvgIpc) is 1.39. The highest BCUT2D eigenvalue weighted by atomic mass is 32.2. The van der Waals surface area contributed by atoms with Crippen molar-refractivity contribution in [2.24, 2.45) is 0 Å². The van der Waals surface area contributed by atoms with Crippen molar-refractivity contribution in [2.75, 3.05) is 31.9 Å². The minimum absolute atomic E-state index is 0.0111. The lowest BCUT2D eigenvalue weighted by Crippen LogP contribution is -2.20. The maximum absolute atomic E-state index is 13.4. The summed E-state index contributed by atoms with van der Waals surface area (Å²) in [5.74, 6) is -2.59. The first-order valence-electron chi connectivity index (χ1n) is 22.8. The minimum Gasteiger partial charge on any atom is -0.322 e. The van der Waals surface area contributed by atoms with Gasteiger partial charge < -0.3 is 31.9 Å². The Labute approximate surface area is 485 Å². The lowest BCUT2D eigenvalue weighted by molar-refractivity contribution is -0.432. The molecule has 0 saturated carbocycles. The summed E-state index contributed by atoms with van der Waals surface area (Å²) in [6.45, 7) is 0. The summed E-state index contributed by atoms with van der Waals surface area (Å²) in [7, 11) is -14.8. The van der Waals surface area contributed by atoms with Crippen LogP contribution in [0, 0.1) is 0 Å². The highest BCUT2D eigenvalue weighted by Gasteiger charge is 2.26. The number of rotatable bonds is 22. The van der Waals surface area contributed by atoms with Gasteiger partial charge in [0.25, 0.3) is 54.0 Å². The molecule has 0 radical (unpaired) electrons. The number of hydrogen-bond donors (Lipinski definition) is 12. The van der Waals surface area contributed by atoms with Crippen LogP contribution in [0.2, 0.25) is 0 Å². The summed E-state index contributed by atoms with van der Waals surface area (Å²) in [4.78, 5) is 63.7. The van der Waals surface area contributed by atoms with E-state index in [1.807, 2.05) is 0 Å². The monoisotopic (exact) mass is 1270 g/mol. The number of urea groups is 1. The maximum atomic E-state index is 13.4. The molecule has 0 atom stereocenters. The molecule has 8 aromatic carbocycles. The van der Waals surface area contributed by atoms with Gasteiger partial charge in [0, 0.05) is 81.2 Å². The first-order chi connectivity index (χ1) is 39.9. The highest BCUT2D eigenvalue weighted by molar-refractivity contribution is 7.95. The zero-order valence-electron chi connectivity index (χ0n) is 41.4. The minimum atomic E-state index is -5.01. The fourth-order valence-corrected chi connectivity index (χ4v) is 11.5. The van der Waals surface area contributed by atoms with Gasteiger partial charge in [-0.3, -0.25) is 32.8 Å². The topological polar surface area (TPSA) is 437 Å². The number of carbonyl (C=O) groups is 5. The number of amides is 6. The van der Waals surface area contributed by atoms with E-state index in [2.05, 4.69) is 60.0 Å². The van der Waals surface area contributed by atoms with Crippen molar-refractivity contribution in [2.45, 2.75) is 29.4 Å². The molecule has 0 heterocycles. The molecule has 0 bridgehead atoms. The van der Waals surface area contributed by atoms with Gasteiger partial charge in [-0.15, -0.1) is 13.0 Å². The van der Waals surface area contributed by atoms with Gasteiger partial charge in [0.1, 0.15) is 9.79 Å². The van der Waals surface area contributed by atoms with Gasteiger partial charge in [-0.2, -0.15) is 25.3 Å². The van der Waals surface area contributed by atoms with Gasteiger partial charge >= 0.3 is 6.03 Å². The molecule has 6 amide bonds. The number of fused-ring (bicyclic) bond motifs is 2. The Morgan fingerprint density at radius 2 is 0.702 bits per heavy atom. The number of anilines is 6. The average molecular weight is 1270 g/mol. The van der Waals surface area contributed by atoms with Crippen LogP contribution in [0.15, 0.2) is 175 Å². The van der Waals surface area contributed by atoms with Crippen LogP contribution >= 0.6 is 36.1 Å². The number of carbonyl (C=O) groups excluding carboxylic acids is 5. The fraction of sp³-hybridized carbons (Fsp3) is 0. The van der Waals surface area contributed by atoms with Crippen molar-refractivity contribution in [3.05, 3.63) is 168 Å². The predicted molar refractivity (Wildman–Crippen MR) is 300 cm³/mol. The fourth-order valence-electron chi connectivity index (χ4n) is 7.84. The van der Waals surface area contributed by atoms with Crippen molar-refractivity contribution in [3.8, 4) is 0 Å². The lowest BCUT2D eigenvalue weighted by Gasteiger charge is -2.15. The Kier molecular flexibility index (Phi) is 19.6. The van der Waals surface area contributed by atoms with E-state index in [0.29, 0.717) is 35.5 Å². The molecule has 436 valence electrons. The van der Waals surface area contributed by atoms with Crippen molar-refractivity contribution < 1.29 is 107 Å². The Morgan fingerprint density at radius 3 is 1.06 bits per heavy atom. The van der Waals surface area contributed by atoms with E-state index in [0.717, 1.165) is 30.3 Å². The number of hydrogen-bond acceptors (Lipinski definition) is 23. The zero-order valence-corrected chi connectivity index (χ0v) is 46.3. The van der Waals surface area contributed by atoms with Gasteiger partial charge in [-0.25, -0.2) is 20.6 Å². The van der Waals surface area contributed by atoms with Crippen LogP contribution in [0.5, 0.6) is 0 Å². The Balaban J connectivity index is 0.837. The second-order valence-corrected chi connectivity index (χ2v) is 23.2. The molecule has 0 fully saturated rings. The van der Waals surface area contributed by atoms with Crippen LogP contribution in [-0.4, -0.2) is 84.3 Å². The first kappa shape index (κ1) is 61.9. The van der Waals surface area contributed by atoms with E-state index >= 15 is 0 Å². The molecule has 8 rings (SSSR count). The van der Waals surface area contributed by atoms with Gasteiger partial charge in [0.15, 0.2) is 0 Å². The van der Waals surface area contributed by atoms with Crippen LogP contribution in [0.3, 0.4) is 0 Å². The van der Waals surface area contributed by atoms with Crippen molar-refractivity contribution in [1.29, 1.82) is 0 Å². The van der Waals surface area contributed by atoms with Crippen LogP contribution in [0.25, 0.3) is 21.5 Å². The molecule has 29 nitrogen and oxygen atoms in total. The Morgan fingerprint density at radius 1 is 0.369 bits per heavy atom. The SMILES string of the molecule is O=C(Nc1ccc(C(=O)Nc2ccc(C(=O)Nc3ccc(S(=O)(=O)O)c4cc(SOOO)cc(SOOO)c34)cc2)cc1)Nc1ccc(C(=O)Nc2ccc(C(=O)Nc3ccc(S(=O)(=O)O)c4cc(S(=O)(=O)O)cc(SOOO)c34)cc2)cc1. The molecule has 0 aliphatic carbocycles. The quantitative estimate of drug-likeness (QED) is 0.0130. The Hall–Kier alpha value is -8.15. The van der Waals surface area contributed by atoms with E-state index in [1.54, 1.807) is 0 Å². The summed E-state index contributed by atoms with van der Waals surface area (Å²) in [5, 5.41) is 51.9. The number of benzene rings is 8. The third-order valence-electron chi connectivity index (χ3n) is 11.5.